The molecule has 1 saturated carbocycles. The van der Waals surface area contributed by atoms with Gasteiger partial charge in [-0.05, 0) is 110 Å². The molecule has 5 aromatic carbocycles. The average molecular weight is 810 g/mol. The summed E-state index contributed by atoms with van der Waals surface area (Å²) in [7, 11) is 0. The Morgan fingerprint density at radius 3 is 2.24 bits per heavy atom. The molecule has 9 rings (SSSR count). The zero-order valence-electron chi connectivity index (χ0n) is 31.7. The van der Waals surface area contributed by atoms with Crippen molar-refractivity contribution < 1.29 is 38.2 Å². The van der Waals surface area contributed by atoms with E-state index in [1.807, 2.05) is 12.1 Å². The molecule has 5 aromatic rings. The molecule has 296 valence electrons. The zero-order chi connectivity index (χ0) is 41.2. The number of imide groups is 2. The summed E-state index contributed by atoms with van der Waals surface area (Å²) in [5.41, 5.74) is 4.65. The highest BCUT2D eigenvalue weighted by Crippen LogP contribution is 2.64. The second kappa shape index (κ2) is 14.7. The van der Waals surface area contributed by atoms with Gasteiger partial charge in [0.15, 0.2) is 17.3 Å². The minimum atomic E-state index is -1.60. The molecule has 2 N–H and O–H groups in total. The lowest BCUT2D eigenvalue weighted by molar-refractivity contribution is -0.138. The van der Waals surface area contributed by atoms with E-state index in [0.29, 0.717) is 44.2 Å². The van der Waals surface area contributed by atoms with E-state index in [-0.39, 0.29) is 42.6 Å². The van der Waals surface area contributed by atoms with Crippen LogP contribution < -0.4 is 15.1 Å². The van der Waals surface area contributed by atoms with E-state index in [1.165, 1.54) is 35.2 Å². The number of rotatable bonds is 9. The van der Waals surface area contributed by atoms with Crippen LogP contribution in [0.4, 0.5) is 15.8 Å². The molecule has 2 aliphatic carbocycles. The zero-order valence-corrected chi connectivity index (χ0v) is 32.4. The first kappa shape index (κ1) is 38.0. The number of allylic oxidation sites excluding steroid dienone is 2. The van der Waals surface area contributed by atoms with Crippen LogP contribution in [-0.2, 0) is 24.6 Å². The molecular formula is C47H37ClFN3O7. The number of benzene rings is 5. The van der Waals surface area contributed by atoms with E-state index in [4.69, 9.17) is 16.3 Å². The number of anilines is 2. The number of carbonyl (C=O) groups is 5. The van der Waals surface area contributed by atoms with Crippen molar-refractivity contribution in [3.63, 3.8) is 0 Å². The van der Waals surface area contributed by atoms with Crippen LogP contribution in [0.2, 0.25) is 5.02 Å². The van der Waals surface area contributed by atoms with Gasteiger partial charge >= 0.3 is 0 Å². The second-order valence-corrected chi connectivity index (χ2v) is 15.7. The molecule has 3 fully saturated rings. The SMILES string of the molecule is CCOc1cc([C@H]2C3=CC[C@@H]4C(=O)N(c5ccc(C(=O)c6ccccc6)cc5)C(=O)[C@@H]4[C@@H]3C[C@H]3C(=O)N(Nc4ccc(F)cc4)C(=O)[C@@]23c2ccc(Cl)cc2)ccc1O. The number of halogens is 2. The molecule has 0 bridgehead atoms. The van der Waals surface area contributed by atoms with Gasteiger partial charge in [-0.2, -0.15) is 5.01 Å². The number of nitrogens with one attached hydrogen (secondary N) is 1. The highest BCUT2D eigenvalue weighted by atomic mass is 35.5. The number of hydrogen-bond donors (Lipinski definition) is 2. The maximum atomic E-state index is 15.4. The van der Waals surface area contributed by atoms with E-state index in [0.717, 1.165) is 5.01 Å². The van der Waals surface area contributed by atoms with E-state index in [9.17, 15) is 28.7 Å². The van der Waals surface area contributed by atoms with Gasteiger partial charge in [-0.1, -0.05) is 71.8 Å². The lowest BCUT2D eigenvalue weighted by atomic mass is 9.49. The molecule has 12 heteroatoms. The number of hydrogen-bond acceptors (Lipinski definition) is 8. The van der Waals surface area contributed by atoms with Crippen LogP contribution in [0.1, 0.15) is 52.7 Å². The molecule has 0 spiro atoms. The summed E-state index contributed by atoms with van der Waals surface area (Å²) in [4.78, 5) is 73.7. The van der Waals surface area contributed by atoms with Gasteiger partial charge < -0.3 is 9.84 Å². The fraction of sp³-hybridized carbons (Fsp3) is 0.213. The number of aromatic hydroxyl groups is 1. The average Bonchev–Trinajstić information content (AvgIpc) is 3.63. The molecule has 4 amide bonds. The summed E-state index contributed by atoms with van der Waals surface area (Å²) >= 11 is 6.40. The molecule has 0 unspecified atom stereocenters. The number of ketones is 1. The molecule has 2 aliphatic heterocycles. The number of ether oxygens (including phenoxy) is 1. The van der Waals surface area contributed by atoms with Gasteiger partial charge in [0.25, 0.3) is 11.8 Å². The summed E-state index contributed by atoms with van der Waals surface area (Å²) in [6.45, 7) is 2.02. The van der Waals surface area contributed by atoms with Crippen LogP contribution in [0.15, 0.2) is 133 Å². The number of fused-ring (bicyclic) bond motifs is 4. The quantitative estimate of drug-likeness (QED) is 0.0870. The van der Waals surface area contributed by atoms with Gasteiger partial charge in [-0.3, -0.25) is 34.3 Å². The number of hydrazine groups is 1. The minimum absolute atomic E-state index is 0.0477. The van der Waals surface area contributed by atoms with Gasteiger partial charge in [0.1, 0.15) is 5.82 Å². The summed E-state index contributed by atoms with van der Waals surface area (Å²) in [6, 6.07) is 32.1. The Kier molecular flexibility index (Phi) is 9.43. The molecule has 4 aliphatic rings. The van der Waals surface area contributed by atoms with Gasteiger partial charge in [-0.25, -0.2) is 4.39 Å². The van der Waals surface area contributed by atoms with E-state index in [1.54, 1.807) is 91.9 Å². The Hall–Kier alpha value is -6.59. The third kappa shape index (κ3) is 6.02. The third-order valence-electron chi connectivity index (χ3n) is 12.3. The van der Waals surface area contributed by atoms with Crippen molar-refractivity contribution in [3.05, 3.63) is 166 Å². The Morgan fingerprint density at radius 2 is 1.54 bits per heavy atom. The fourth-order valence-electron chi connectivity index (χ4n) is 9.78. The van der Waals surface area contributed by atoms with Crippen LogP contribution in [0, 0.1) is 29.5 Å². The van der Waals surface area contributed by atoms with Crippen molar-refractivity contribution in [2.75, 3.05) is 16.9 Å². The van der Waals surface area contributed by atoms with Crippen molar-refractivity contribution in [2.24, 2.45) is 23.7 Å². The van der Waals surface area contributed by atoms with Crippen LogP contribution in [-0.4, -0.2) is 46.1 Å². The Balaban J connectivity index is 1.17. The maximum absolute atomic E-state index is 15.4. The summed E-state index contributed by atoms with van der Waals surface area (Å²) in [5.74, 6) is -6.80. The monoisotopic (exact) mass is 809 g/mol. The Bertz CT molecular complexity index is 2560. The van der Waals surface area contributed by atoms with Gasteiger partial charge in [0.2, 0.25) is 11.8 Å². The van der Waals surface area contributed by atoms with Crippen molar-refractivity contribution in [1.29, 1.82) is 0 Å². The summed E-state index contributed by atoms with van der Waals surface area (Å²) in [6.07, 6.45) is 2.17. The van der Waals surface area contributed by atoms with Gasteiger partial charge in [0, 0.05) is 22.1 Å². The molecule has 0 radical (unpaired) electrons. The first-order chi connectivity index (χ1) is 28.5. The summed E-state index contributed by atoms with van der Waals surface area (Å²) < 4.78 is 19.8. The molecule has 0 aromatic heterocycles. The normalized spacial score (nSPS) is 24.7. The van der Waals surface area contributed by atoms with Crippen LogP contribution in [0.25, 0.3) is 0 Å². The predicted octanol–water partition coefficient (Wildman–Crippen LogP) is 8.00. The molecule has 2 heterocycles. The van der Waals surface area contributed by atoms with Crippen molar-refractivity contribution >= 4 is 52.4 Å². The van der Waals surface area contributed by atoms with Crippen LogP contribution in [0.5, 0.6) is 11.5 Å². The fourth-order valence-corrected chi connectivity index (χ4v) is 9.91. The number of amides is 4. The first-order valence-corrected chi connectivity index (χ1v) is 19.8. The lowest BCUT2D eigenvalue weighted by Crippen LogP contribution is -2.53. The minimum Gasteiger partial charge on any atom is -0.504 e. The Labute approximate surface area is 343 Å². The maximum Gasteiger partial charge on any atom is 0.260 e. The van der Waals surface area contributed by atoms with Crippen molar-refractivity contribution in [2.45, 2.75) is 31.1 Å². The largest absolute Gasteiger partial charge is 0.504 e. The molecule has 6 atom stereocenters. The Morgan fingerprint density at radius 1 is 0.847 bits per heavy atom. The number of phenolic OH excluding ortho intramolecular Hbond substituents is 1. The lowest BCUT2D eigenvalue weighted by Gasteiger charge is -2.50. The predicted molar refractivity (Wildman–Crippen MR) is 217 cm³/mol. The smallest absolute Gasteiger partial charge is 0.260 e. The molecule has 10 nitrogen and oxygen atoms in total. The van der Waals surface area contributed by atoms with Crippen LogP contribution >= 0.6 is 11.6 Å². The second-order valence-electron chi connectivity index (χ2n) is 15.3. The standard InChI is InChI=1S/C47H37ClFN3O7/c1-2-59-39-24-28(10-23-38(39)53)41-34-21-22-35-40(45(57)51(43(35)55)33-19-8-27(9-20-33)42(54)26-6-4-3-5-7-26)36(34)25-37-44(56)52(50-32-17-15-31(49)16-18-32)46(58)47(37,41)29-11-13-30(48)14-12-29/h3-21,23-24,35-37,40-41,50,53H,2,22,25H2,1H3/t35-,36+,37-,40-,41-,47+/m0/s1. The highest BCUT2D eigenvalue weighted by Gasteiger charge is 2.70. The number of carbonyl (C=O) groups excluding carboxylic acids is 5. The highest BCUT2D eigenvalue weighted by molar-refractivity contribution is 6.30. The topological polar surface area (TPSA) is 133 Å². The van der Waals surface area contributed by atoms with Gasteiger partial charge in [-0.15, -0.1) is 0 Å². The van der Waals surface area contributed by atoms with Gasteiger partial charge in [0.05, 0.1) is 41.2 Å². The van der Waals surface area contributed by atoms with Crippen molar-refractivity contribution in [1.82, 2.24) is 5.01 Å². The van der Waals surface area contributed by atoms with Crippen LogP contribution in [0.3, 0.4) is 0 Å². The van der Waals surface area contributed by atoms with E-state index in [2.05, 4.69) is 5.43 Å². The molecular weight excluding hydrogens is 773 g/mol. The summed E-state index contributed by atoms with van der Waals surface area (Å²) in [5, 5.41) is 12.2. The molecule has 2 saturated heterocycles. The molecule has 59 heavy (non-hydrogen) atoms. The van der Waals surface area contributed by atoms with E-state index < -0.39 is 58.5 Å². The van der Waals surface area contributed by atoms with E-state index >= 15 is 4.79 Å². The first-order valence-electron chi connectivity index (χ1n) is 19.4. The number of phenols is 1. The third-order valence-corrected chi connectivity index (χ3v) is 12.5. The number of nitrogens with zero attached hydrogens (tertiary/aromatic N) is 2. The van der Waals surface area contributed by atoms with Crippen molar-refractivity contribution in [3.8, 4) is 11.5 Å².